The van der Waals surface area contributed by atoms with E-state index in [0.29, 0.717) is 41.1 Å². The average Bonchev–Trinajstić information content (AvgIpc) is 2.95. The van der Waals surface area contributed by atoms with Crippen LogP contribution >= 0.6 is 11.6 Å². The molecule has 0 bridgehead atoms. The van der Waals surface area contributed by atoms with Gasteiger partial charge in [0.2, 0.25) is 6.41 Å². The summed E-state index contributed by atoms with van der Waals surface area (Å²) in [5, 5.41) is 7.02. The van der Waals surface area contributed by atoms with Crippen molar-refractivity contribution >= 4 is 23.8 Å². The number of nitrogens with one attached hydrogen (secondary N) is 1. The molecule has 0 unspecified atom stereocenters. The van der Waals surface area contributed by atoms with E-state index in [4.69, 9.17) is 21.2 Å². The Balaban J connectivity index is 1.70. The van der Waals surface area contributed by atoms with E-state index in [1.165, 1.54) is 7.11 Å². The van der Waals surface area contributed by atoms with E-state index >= 15 is 0 Å². The van der Waals surface area contributed by atoms with Crippen LogP contribution in [0.3, 0.4) is 0 Å². The molecule has 41 heavy (non-hydrogen) atoms. The number of amides is 1. The summed E-state index contributed by atoms with van der Waals surface area (Å²) in [5.74, 6) is 1.01. The van der Waals surface area contributed by atoms with Gasteiger partial charge >= 0.3 is 0 Å². The zero-order chi connectivity index (χ0) is 29.4. The molecule has 0 spiro atoms. The highest BCUT2D eigenvalue weighted by Crippen LogP contribution is 2.32. The zero-order valence-electron chi connectivity index (χ0n) is 23.6. The molecule has 0 saturated heterocycles. The number of carbonyl (C=O) groups is 1. The van der Waals surface area contributed by atoms with Gasteiger partial charge in [0.15, 0.2) is 5.84 Å². The molecule has 1 heterocycles. The molecule has 9 heteroatoms. The Morgan fingerprint density at radius 2 is 1.85 bits per heavy atom. The van der Waals surface area contributed by atoms with Crippen LogP contribution in [0.2, 0.25) is 5.02 Å². The molecule has 0 fully saturated rings. The van der Waals surface area contributed by atoms with Gasteiger partial charge in [-0.05, 0) is 61.7 Å². The second kappa shape index (κ2) is 13.8. The number of hydrogen-bond donors (Lipinski definition) is 1. The summed E-state index contributed by atoms with van der Waals surface area (Å²) in [7, 11) is 1.41. The summed E-state index contributed by atoms with van der Waals surface area (Å²) in [6, 6.07) is 20.6. The fourth-order valence-electron chi connectivity index (χ4n) is 4.61. The van der Waals surface area contributed by atoms with Crippen molar-refractivity contribution < 1.29 is 14.4 Å². The largest absolute Gasteiger partial charge is 0.491 e. The Bertz CT molecular complexity index is 1600. The smallest absolute Gasteiger partial charge is 0.261 e. The maximum Gasteiger partial charge on any atom is 0.261 e. The summed E-state index contributed by atoms with van der Waals surface area (Å²) in [5.41, 5.74) is 5.06. The van der Waals surface area contributed by atoms with E-state index in [0.717, 1.165) is 34.6 Å². The highest BCUT2D eigenvalue weighted by molar-refractivity contribution is 6.33. The van der Waals surface area contributed by atoms with Crippen LogP contribution < -0.4 is 15.6 Å². The molecule has 1 amide bonds. The number of hydrogen-bond acceptors (Lipinski definition) is 6. The number of aromatic nitrogens is 2. The molecular weight excluding hydrogens is 540 g/mol. The number of halogens is 1. The minimum Gasteiger partial charge on any atom is -0.491 e. The van der Waals surface area contributed by atoms with Crippen LogP contribution in [0.5, 0.6) is 5.75 Å². The van der Waals surface area contributed by atoms with Gasteiger partial charge in [0.05, 0.1) is 17.5 Å². The summed E-state index contributed by atoms with van der Waals surface area (Å²) in [4.78, 5) is 34.5. The first kappa shape index (κ1) is 29.6. The van der Waals surface area contributed by atoms with Crippen molar-refractivity contribution in [3.8, 4) is 22.6 Å². The minimum absolute atomic E-state index is 0.0606. The third kappa shape index (κ3) is 7.02. The number of rotatable bonds is 11. The van der Waals surface area contributed by atoms with Crippen LogP contribution in [0, 0.1) is 0 Å². The third-order valence-electron chi connectivity index (χ3n) is 6.39. The lowest BCUT2D eigenvalue weighted by Crippen LogP contribution is -2.25. The maximum absolute atomic E-state index is 13.7. The first-order valence-electron chi connectivity index (χ1n) is 13.4. The molecule has 0 aliphatic carbocycles. The lowest BCUT2D eigenvalue weighted by atomic mass is 9.96. The van der Waals surface area contributed by atoms with Crippen LogP contribution in [0.1, 0.15) is 49.6 Å². The minimum atomic E-state index is -0.119. The fourth-order valence-corrected chi connectivity index (χ4v) is 4.92. The molecule has 4 rings (SSSR count). The number of nitrogens with zero attached hydrogens (tertiary/aromatic N) is 3. The molecule has 1 N–H and O–H groups in total. The highest BCUT2D eigenvalue weighted by Gasteiger charge is 2.17. The van der Waals surface area contributed by atoms with Crippen LogP contribution in [-0.4, -0.2) is 35.0 Å². The molecule has 8 nitrogen and oxygen atoms in total. The Labute approximate surface area is 244 Å². The van der Waals surface area contributed by atoms with Crippen molar-refractivity contribution in [3.63, 3.8) is 0 Å². The predicted molar refractivity (Wildman–Crippen MR) is 162 cm³/mol. The van der Waals surface area contributed by atoms with Gasteiger partial charge in [-0.1, -0.05) is 66.5 Å². The van der Waals surface area contributed by atoms with E-state index < -0.39 is 0 Å². The second-order valence-corrected chi connectivity index (χ2v) is 10.1. The van der Waals surface area contributed by atoms with E-state index in [9.17, 15) is 9.59 Å². The summed E-state index contributed by atoms with van der Waals surface area (Å²) in [6.07, 6.45) is 4.13. The maximum atomic E-state index is 13.7. The molecule has 212 valence electrons. The van der Waals surface area contributed by atoms with Gasteiger partial charge in [-0.15, -0.1) is 0 Å². The molecule has 0 atom stereocenters. The fraction of sp³-hybridized carbons (Fsp3) is 0.250. The Morgan fingerprint density at radius 1 is 1.10 bits per heavy atom. The van der Waals surface area contributed by atoms with Crippen LogP contribution in [0.4, 0.5) is 0 Å². The van der Waals surface area contributed by atoms with Crippen LogP contribution in [0.25, 0.3) is 16.8 Å². The predicted octanol–water partition coefficient (Wildman–Crippen LogP) is 5.94. The van der Waals surface area contributed by atoms with E-state index in [1.54, 1.807) is 10.9 Å². The molecule has 0 aliphatic heterocycles. The number of carbonyl (C=O) groups excluding carboxylic acids is 1. The van der Waals surface area contributed by atoms with Gasteiger partial charge < -0.3 is 14.9 Å². The molecule has 1 aromatic heterocycles. The Hall–Kier alpha value is -4.43. The number of oxime groups is 1. The number of benzene rings is 3. The van der Waals surface area contributed by atoms with Crippen molar-refractivity contribution in [2.24, 2.45) is 5.16 Å². The quantitative estimate of drug-likeness (QED) is 0.104. The molecule has 0 aliphatic rings. The van der Waals surface area contributed by atoms with Crippen molar-refractivity contribution in [1.29, 1.82) is 0 Å². The van der Waals surface area contributed by atoms with E-state index in [2.05, 4.69) is 22.4 Å². The van der Waals surface area contributed by atoms with Gasteiger partial charge in [-0.2, -0.15) is 0 Å². The second-order valence-electron chi connectivity index (χ2n) is 9.68. The molecular formula is C32H33ClN4O4. The molecule has 0 saturated carbocycles. The number of aryl methyl sites for hydroxylation is 1. The molecule has 3 aromatic carbocycles. The van der Waals surface area contributed by atoms with Gasteiger partial charge in [0.25, 0.3) is 5.56 Å². The van der Waals surface area contributed by atoms with Crippen molar-refractivity contribution in [2.75, 3.05) is 7.11 Å². The zero-order valence-corrected chi connectivity index (χ0v) is 24.3. The Morgan fingerprint density at radius 3 is 2.51 bits per heavy atom. The van der Waals surface area contributed by atoms with E-state index in [-0.39, 0.29) is 17.5 Å². The average molecular weight is 573 g/mol. The summed E-state index contributed by atoms with van der Waals surface area (Å²) < 4.78 is 7.31. The van der Waals surface area contributed by atoms with Crippen molar-refractivity contribution in [3.05, 3.63) is 111 Å². The van der Waals surface area contributed by atoms with Gasteiger partial charge in [0.1, 0.15) is 19.2 Å². The summed E-state index contributed by atoms with van der Waals surface area (Å²) >= 11 is 6.81. The summed E-state index contributed by atoms with van der Waals surface area (Å²) in [6.45, 7) is 6.00. The van der Waals surface area contributed by atoms with Crippen LogP contribution in [-0.2, 0) is 22.5 Å². The SMILES string of the molecule is CCCc1ncn(-c2ccc(OC(C)C)cc2)c(=O)c1Cc1ccc(-c2ccccc2/C(=N/OC)NC=O)c(Cl)c1. The lowest BCUT2D eigenvalue weighted by molar-refractivity contribution is -0.108. The molecule has 4 aromatic rings. The number of amidine groups is 1. The van der Waals surface area contributed by atoms with Crippen molar-refractivity contribution in [2.45, 2.75) is 46.1 Å². The first-order valence-corrected chi connectivity index (χ1v) is 13.8. The topological polar surface area (TPSA) is 94.8 Å². The third-order valence-corrected chi connectivity index (χ3v) is 6.71. The molecule has 0 radical (unpaired) electrons. The first-order chi connectivity index (χ1) is 19.9. The normalized spacial score (nSPS) is 11.4. The van der Waals surface area contributed by atoms with Gasteiger partial charge in [-0.25, -0.2) is 4.98 Å². The van der Waals surface area contributed by atoms with Crippen molar-refractivity contribution in [1.82, 2.24) is 14.9 Å². The number of ether oxygens (including phenoxy) is 1. The van der Waals surface area contributed by atoms with Gasteiger partial charge in [0, 0.05) is 28.1 Å². The van der Waals surface area contributed by atoms with Gasteiger partial charge in [-0.3, -0.25) is 14.2 Å². The van der Waals surface area contributed by atoms with Crippen LogP contribution in [0.15, 0.2) is 83.0 Å². The lowest BCUT2D eigenvalue weighted by Gasteiger charge is -2.15. The monoisotopic (exact) mass is 572 g/mol. The highest BCUT2D eigenvalue weighted by atomic mass is 35.5. The van der Waals surface area contributed by atoms with E-state index in [1.807, 2.05) is 80.6 Å². The Kier molecular flexibility index (Phi) is 9.92. The standard InChI is InChI=1S/C32H33ClN4O4/c1-5-8-30-28(32(39)37(19-34-30)23-12-14-24(15-13-23)41-21(2)3)17-22-11-16-26(29(33)18-22)25-9-6-7-10-27(25)31(35-20-38)36-40-4/h6-7,9-16,18-21H,5,8,17H2,1-4H3,(H,35,36,38).